The summed E-state index contributed by atoms with van der Waals surface area (Å²) in [4.78, 5) is 34.3. The Morgan fingerprint density at radius 1 is 0.960 bits per heavy atom. The van der Waals surface area contributed by atoms with Gasteiger partial charge < -0.3 is 15.4 Å². The molecule has 0 atom stereocenters. The van der Waals surface area contributed by atoms with Crippen molar-refractivity contribution >= 4 is 29.0 Å². The molecule has 0 saturated heterocycles. The first-order valence-corrected chi connectivity index (χ1v) is 7.77. The third-order valence-electron chi connectivity index (χ3n) is 3.45. The van der Waals surface area contributed by atoms with E-state index in [1.807, 2.05) is 6.92 Å². The van der Waals surface area contributed by atoms with E-state index in [4.69, 9.17) is 4.74 Å². The van der Waals surface area contributed by atoms with Crippen molar-refractivity contribution in [2.45, 2.75) is 20.8 Å². The van der Waals surface area contributed by atoms with Crippen molar-refractivity contribution in [2.24, 2.45) is 0 Å². The number of carbonyl (C=O) groups excluding carboxylic acids is 3. The molecule has 0 radical (unpaired) electrons. The number of ketones is 1. The Kier molecular flexibility index (Phi) is 5.89. The van der Waals surface area contributed by atoms with Crippen LogP contribution in [0, 0.1) is 6.92 Å². The molecular weight excluding hydrogens is 320 g/mol. The molecule has 0 aliphatic carbocycles. The Morgan fingerprint density at radius 2 is 1.64 bits per heavy atom. The largest absolute Gasteiger partial charge is 0.484 e. The van der Waals surface area contributed by atoms with Crippen molar-refractivity contribution in [3.63, 3.8) is 0 Å². The lowest BCUT2D eigenvalue weighted by Crippen LogP contribution is -2.20. The first-order chi connectivity index (χ1) is 11.8. The molecule has 2 aromatic carbocycles. The molecule has 0 aromatic heterocycles. The number of benzene rings is 2. The molecule has 2 amide bonds. The maximum atomic E-state index is 12.0. The van der Waals surface area contributed by atoms with Crippen LogP contribution in [0.25, 0.3) is 0 Å². The molecule has 2 N–H and O–H groups in total. The predicted molar refractivity (Wildman–Crippen MR) is 96.1 cm³/mol. The second kappa shape index (κ2) is 8.10. The van der Waals surface area contributed by atoms with Gasteiger partial charge in [0.1, 0.15) is 5.75 Å². The summed E-state index contributed by atoms with van der Waals surface area (Å²) in [6.07, 6.45) is 0. The van der Waals surface area contributed by atoms with Crippen LogP contribution in [0.15, 0.2) is 42.5 Å². The SMILES string of the molecule is CC(=O)Nc1ccc(NC(=O)COc2ccc(C(C)=O)cc2)cc1C. The van der Waals surface area contributed by atoms with Crippen LogP contribution < -0.4 is 15.4 Å². The molecule has 0 bridgehead atoms. The van der Waals surface area contributed by atoms with Crippen molar-refractivity contribution in [2.75, 3.05) is 17.2 Å². The van der Waals surface area contributed by atoms with E-state index in [1.54, 1.807) is 42.5 Å². The number of rotatable bonds is 6. The number of carbonyl (C=O) groups is 3. The third kappa shape index (κ3) is 5.46. The summed E-state index contributed by atoms with van der Waals surface area (Å²) in [7, 11) is 0. The van der Waals surface area contributed by atoms with Crippen molar-refractivity contribution in [3.05, 3.63) is 53.6 Å². The zero-order valence-electron chi connectivity index (χ0n) is 14.4. The first kappa shape index (κ1) is 18.2. The molecule has 0 aliphatic rings. The highest BCUT2D eigenvalue weighted by molar-refractivity contribution is 5.94. The van der Waals surface area contributed by atoms with E-state index in [0.717, 1.165) is 5.56 Å². The van der Waals surface area contributed by atoms with Gasteiger partial charge in [-0.15, -0.1) is 0 Å². The maximum Gasteiger partial charge on any atom is 0.262 e. The Balaban J connectivity index is 1.90. The number of aryl methyl sites for hydroxylation is 1. The van der Waals surface area contributed by atoms with Gasteiger partial charge >= 0.3 is 0 Å². The normalized spacial score (nSPS) is 10.0. The average Bonchev–Trinajstić information content (AvgIpc) is 2.55. The van der Waals surface area contributed by atoms with Crippen LogP contribution in [0.4, 0.5) is 11.4 Å². The highest BCUT2D eigenvalue weighted by atomic mass is 16.5. The highest BCUT2D eigenvalue weighted by Gasteiger charge is 2.07. The lowest BCUT2D eigenvalue weighted by atomic mass is 10.1. The molecule has 0 heterocycles. The minimum absolute atomic E-state index is 0.0256. The molecule has 2 aromatic rings. The van der Waals surface area contributed by atoms with Crippen LogP contribution >= 0.6 is 0 Å². The molecule has 0 saturated carbocycles. The van der Waals surface area contributed by atoms with Crippen LogP contribution in [-0.2, 0) is 9.59 Å². The third-order valence-corrected chi connectivity index (χ3v) is 3.45. The number of amides is 2. The summed E-state index contributed by atoms with van der Waals surface area (Å²) in [5.41, 5.74) is 2.75. The molecular formula is C19H20N2O4. The zero-order chi connectivity index (χ0) is 18.4. The van der Waals surface area contributed by atoms with Gasteiger partial charge in [-0.1, -0.05) is 0 Å². The second-order valence-corrected chi connectivity index (χ2v) is 5.63. The standard InChI is InChI=1S/C19H20N2O4/c1-12-10-16(6-9-18(12)20-14(3)23)21-19(24)11-25-17-7-4-15(5-8-17)13(2)22/h4-10H,11H2,1-3H3,(H,20,23)(H,21,24). The van der Waals surface area contributed by atoms with Crippen molar-refractivity contribution in [1.29, 1.82) is 0 Å². The Morgan fingerprint density at radius 3 is 2.20 bits per heavy atom. The van der Waals surface area contributed by atoms with Crippen LogP contribution in [0.3, 0.4) is 0 Å². The minimum atomic E-state index is -0.303. The molecule has 0 unspecified atom stereocenters. The summed E-state index contributed by atoms with van der Waals surface area (Å²) in [5, 5.41) is 5.44. The highest BCUT2D eigenvalue weighted by Crippen LogP contribution is 2.20. The monoisotopic (exact) mass is 340 g/mol. The number of anilines is 2. The van der Waals surface area contributed by atoms with Gasteiger partial charge in [-0.2, -0.15) is 0 Å². The summed E-state index contributed by atoms with van der Waals surface area (Å²) in [6.45, 7) is 4.62. The van der Waals surface area contributed by atoms with Gasteiger partial charge in [-0.05, 0) is 61.9 Å². The first-order valence-electron chi connectivity index (χ1n) is 7.77. The van der Waals surface area contributed by atoms with E-state index in [-0.39, 0.29) is 24.2 Å². The molecule has 25 heavy (non-hydrogen) atoms. The van der Waals surface area contributed by atoms with Gasteiger partial charge in [0.05, 0.1) is 0 Å². The van der Waals surface area contributed by atoms with Gasteiger partial charge in [0.2, 0.25) is 5.91 Å². The second-order valence-electron chi connectivity index (χ2n) is 5.63. The fraction of sp³-hybridized carbons (Fsp3) is 0.211. The van der Waals surface area contributed by atoms with Gasteiger partial charge in [0, 0.05) is 23.9 Å². The molecule has 0 aliphatic heterocycles. The zero-order valence-corrected chi connectivity index (χ0v) is 14.4. The number of nitrogens with one attached hydrogen (secondary N) is 2. The summed E-state index contributed by atoms with van der Waals surface area (Å²) in [5.74, 6) is 0.0334. The van der Waals surface area contributed by atoms with Crippen LogP contribution in [0.1, 0.15) is 29.8 Å². The Labute approximate surface area is 146 Å². The molecule has 6 nitrogen and oxygen atoms in total. The fourth-order valence-electron chi connectivity index (χ4n) is 2.20. The quantitative estimate of drug-likeness (QED) is 0.791. The van der Waals surface area contributed by atoms with Gasteiger partial charge in [0.25, 0.3) is 5.91 Å². The van der Waals surface area contributed by atoms with Crippen LogP contribution in [0.5, 0.6) is 5.75 Å². The molecule has 2 rings (SSSR count). The van der Waals surface area contributed by atoms with Crippen molar-refractivity contribution in [1.82, 2.24) is 0 Å². The molecule has 0 spiro atoms. The van der Waals surface area contributed by atoms with Crippen molar-refractivity contribution < 1.29 is 19.1 Å². The lowest BCUT2D eigenvalue weighted by Gasteiger charge is -2.11. The average molecular weight is 340 g/mol. The lowest BCUT2D eigenvalue weighted by molar-refractivity contribution is -0.118. The van der Waals surface area contributed by atoms with E-state index in [9.17, 15) is 14.4 Å². The minimum Gasteiger partial charge on any atom is -0.484 e. The van der Waals surface area contributed by atoms with Crippen molar-refractivity contribution in [3.8, 4) is 5.75 Å². The van der Waals surface area contributed by atoms with Crippen LogP contribution in [0.2, 0.25) is 0 Å². The van der Waals surface area contributed by atoms with Gasteiger partial charge in [-0.3, -0.25) is 14.4 Å². The Bertz CT molecular complexity index is 798. The van der Waals surface area contributed by atoms with E-state index < -0.39 is 0 Å². The summed E-state index contributed by atoms with van der Waals surface area (Å²) >= 11 is 0. The Hall–Kier alpha value is -3.15. The molecule has 130 valence electrons. The van der Waals surface area contributed by atoms with Gasteiger partial charge in [-0.25, -0.2) is 0 Å². The van der Waals surface area contributed by atoms with E-state index >= 15 is 0 Å². The molecule has 0 fully saturated rings. The van der Waals surface area contributed by atoms with E-state index in [1.165, 1.54) is 13.8 Å². The number of ether oxygens (including phenoxy) is 1. The topological polar surface area (TPSA) is 84.5 Å². The van der Waals surface area contributed by atoms with E-state index in [0.29, 0.717) is 22.7 Å². The predicted octanol–water partition coefficient (Wildman–Crippen LogP) is 3.17. The smallest absolute Gasteiger partial charge is 0.262 e. The fourth-order valence-corrected chi connectivity index (χ4v) is 2.20. The number of hydrogen-bond donors (Lipinski definition) is 2. The maximum absolute atomic E-state index is 12.0. The van der Waals surface area contributed by atoms with Crippen LogP contribution in [-0.4, -0.2) is 24.2 Å². The number of Topliss-reactive ketones (excluding diaryl/α,β-unsaturated/α-hetero) is 1. The number of hydrogen-bond acceptors (Lipinski definition) is 4. The van der Waals surface area contributed by atoms with Gasteiger partial charge in [0.15, 0.2) is 12.4 Å². The summed E-state index contributed by atoms with van der Waals surface area (Å²) < 4.78 is 5.40. The van der Waals surface area contributed by atoms with E-state index in [2.05, 4.69) is 10.6 Å². The molecule has 6 heteroatoms. The summed E-state index contributed by atoms with van der Waals surface area (Å²) in [6, 6.07) is 11.8.